The molecule has 4 rings (SSSR count). The van der Waals surface area contributed by atoms with Crippen LogP contribution in [-0.4, -0.2) is 62.7 Å². The predicted molar refractivity (Wildman–Crippen MR) is 119 cm³/mol. The zero-order chi connectivity index (χ0) is 20.9. The van der Waals surface area contributed by atoms with Gasteiger partial charge in [0, 0.05) is 19.2 Å². The number of amides is 1. The molecule has 2 aromatic carbocycles. The van der Waals surface area contributed by atoms with E-state index in [0.29, 0.717) is 13.1 Å². The van der Waals surface area contributed by atoms with E-state index in [0.717, 1.165) is 49.6 Å². The lowest BCUT2D eigenvalue weighted by molar-refractivity contribution is -1.02. The van der Waals surface area contributed by atoms with E-state index in [4.69, 9.17) is 9.72 Å². The molecule has 0 atom stereocenters. The van der Waals surface area contributed by atoms with E-state index in [1.54, 1.807) is 23.3 Å². The second-order valence-electron chi connectivity index (χ2n) is 7.99. The third-order valence-electron chi connectivity index (χ3n) is 5.83. The zero-order valence-corrected chi connectivity index (χ0v) is 18.5. The molecule has 1 aliphatic rings. The Morgan fingerprint density at radius 3 is 2.53 bits per heavy atom. The number of piperazine rings is 1. The smallest absolute Gasteiger partial charge is 0.277 e. The summed E-state index contributed by atoms with van der Waals surface area (Å²) < 4.78 is 6.67. The Hall–Kier alpha value is -2.48. The number of para-hydroxylation sites is 2. The first-order chi connectivity index (χ1) is 14.6. The van der Waals surface area contributed by atoms with Gasteiger partial charge in [-0.2, -0.15) is 0 Å². The van der Waals surface area contributed by atoms with E-state index in [1.165, 1.54) is 14.6 Å². The van der Waals surface area contributed by atoms with Crippen LogP contribution in [-0.2, 0) is 17.9 Å². The van der Waals surface area contributed by atoms with Crippen LogP contribution in [0, 0.1) is 0 Å². The molecule has 3 aromatic rings. The number of quaternary nitrogens is 2. The van der Waals surface area contributed by atoms with Crippen molar-refractivity contribution < 1.29 is 19.3 Å². The topological polar surface area (TPSA) is 51.3 Å². The summed E-state index contributed by atoms with van der Waals surface area (Å²) in [6, 6.07) is 16.2. The molecule has 7 heteroatoms. The number of nitrogens with zero attached hydrogens (tertiary/aromatic N) is 2. The van der Waals surface area contributed by atoms with Gasteiger partial charge in [0.2, 0.25) is 0 Å². The maximum atomic E-state index is 12.7. The van der Waals surface area contributed by atoms with Gasteiger partial charge in [0.05, 0.1) is 17.3 Å². The number of likely N-dealkylation sites (N-methyl/N-ethyl adjacent to an activating group) is 1. The molecular formula is C23H30N4O2S+2. The number of hydrogen-bond acceptors (Lipinski definition) is 4. The molecule has 30 heavy (non-hydrogen) atoms. The van der Waals surface area contributed by atoms with Crippen molar-refractivity contribution in [2.24, 2.45) is 0 Å². The minimum absolute atomic E-state index is 0.186. The highest BCUT2D eigenvalue weighted by atomic mass is 32.1. The lowest BCUT2D eigenvalue weighted by atomic mass is 10.2. The number of hydrogen-bond donors (Lipinski definition) is 2. The van der Waals surface area contributed by atoms with Gasteiger partial charge in [0.1, 0.15) is 43.5 Å². The van der Waals surface area contributed by atoms with Crippen LogP contribution in [0.2, 0.25) is 0 Å². The molecule has 1 aromatic heterocycles. The SMILES string of the molecule is COc1ccccc1CN(C)C(=O)C[NH+]1CC[NH+](Cc2nc3ccccc3s2)CC1. The molecule has 0 aliphatic carbocycles. The van der Waals surface area contributed by atoms with Crippen molar-refractivity contribution >= 4 is 27.5 Å². The number of nitrogens with one attached hydrogen (secondary N) is 2. The summed E-state index contributed by atoms with van der Waals surface area (Å²) in [7, 11) is 3.55. The number of carbonyl (C=O) groups is 1. The van der Waals surface area contributed by atoms with Crippen LogP contribution in [0.5, 0.6) is 5.75 Å². The van der Waals surface area contributed by atoms with E-state index in [-0.39, 0.29) is 5.91 Å². The van der Waals surface area contributed by atoms with E-state index >= 15 is 0 Å². The van der Waals surface area contributed by atoms with Gasteiger partial charge in [-0.3, -0.25) is 4.79 Å². The molecule has 158 valence electrons. The minimum atomic E-state index is 0.186. The molecule has 0 saturated carbocycles. The molecule has 1 amide bonds. The fraction of sp³-hybridized carbons (Fsp3) is 0.391. The Balaban J connectivity index is 1.25. The molecule has 0 unspecified atom stereocenters. The van der Waals surface area contributed by atoms with Crippen molar-refractivity contribution in [1.29, 1.82) is 0 Å². The third kappa shape index (κ3) is 4.98. The number of ether oxygens (including phenoxy) is 1. The van der Waals surface area contributed by atoms with E-state index < -0.39 is 0 Å². The first-order valence-corrected chi connectivity index (χ1v) is 11.3. The Bertz CT molecular complexity index is 965. The molecule has 1 fully saturated rings. The number of fused-ring (bicyclic) bond motifs is 1. The van der Waals surface area contributed by atoms with E-state index in [1.807, 2.05) is 42.3 Å². The average Bonchev–Trinajstić information content (AvgIpc) is 3.17. The Morgan fingerprint density at radius 1 is 1.07 bits per heavy atom. The monoisotopic (exact) mass is 426 g/mol. The molecule has 0 bridgehead atoms. The van der Waals surface area contributed by atoms with Crippen molar-refractivity contribution in [1.82, 2.24) is 9.88 Å². The van der Waals surface area contributed by atoms with E-state index in [9.17, 15) is 4.79 Å². The third-order valence-corrected chi connectivity index (χ3v) is 6.87. The van der Waals surface area contributed by atoms with Crippen LogP contribution < -0.4 is 14.5 Å². The Labute approximate surface area is 181 Å². The van der Waals surface area contributed by atoms with E-state index in [2.05, 4.69) is 18.2 Å². The number of aromatic nitrogens is 1. The highest BCUT2D eigenvalue weighted by Crippen LogP contribution is 2.21. The Morgan fingerprint density at radius 2 is 1.77 bits per heavy atom. The van der Waals surface area contributed by atoms with Gasteiger partial charge in [0.25, 0.3) is 5.91 Å². The van der Waals surface area contributed by atoms with Gasteiger partial charge in [-0.15, -0.1) is 11.3 Å². The van der Waals surface area contributed by atoms with Crippen molar-refractivity contribution in [2.75, 3.05) is 46.9 Å². The van der Waals surface area contributed by atoms with Crippen molar-refractivity contribution in [3.63, 3.8) is 0 Å². The summed E-state index contributed by atoms with van der Waals surface area (Å²) in [6.45, 7) is 6.31. The van der Waals surface area contributed by atoms with Crippen molar-refractivity contribution in [3.05, 3.63) is 59.1 Å². The number of methoxy groups -OCH3 is 1. The second-order valence-corrected chi connectivity index (χ2v) is 9.11. The number of benzene rings is 2. The fourth-order valence-corrected chi connectivity index (χ4v) is 5.09. The van der Waals surface area contributed by atoms with Gasteiger partial charge in [-0.1, -0.05) is 30.3 Å². The summed E-state index contributed by atoms with van der Waals surface area (Å²) in [6.07, 6.45) is 0. The lowest BCUT2D eigenvalue weighted by Crippen LogP contribution is -3.28. The molecular weight excluding hydrogens is 396 g/mol. The summed E-state index contributed by atoms with van der Waals surface area (Å²) in [4.78, 5) is 22.3. The van der Waals surface area contributed by atoms with Crippen molar-refractivity contribution in [3.8, 4) is 5.75 Å². The number of thiazole rings is 1. The molecule has 1 saturated heterocycles. The fourth-order valence-electron chi connectivity index (χ4n) is 4.05. The maximum absolute atomic E-state index is 12.7. The summed E-state index contributed by atoms with van der Waals surface area (Å²) in [5.41, 5.74) is 2.14. The molecule has 6 nitrogen and oxygen atoms in total. The van der Waals surface area contributed by atoms with Crippen LogP contribution in [0.4, 0.5) is 0 Å². The second kappa shape index (κ2) is 9.55. The van der Waals surface area contributed by atoms with Crippen molar-refractivity contribution in [2.45, 2.75) is 13.1 Å². The number of carbonyl (C=O) groups excluding carboxylic acids is 1. The van der Waals surface area contributed by atoms with Crippen LogP contribution in [0.3, 0.4) is 0 Å². The van der Waals surface area contributed by atoms with Gasteiger partial charge in [-0.25, -0.2) is 4.98 Å². The van der Waals surface area contributed by atoms with Gasteiger partial charge >= 0.3 is 0 Å². The summed E-state index contributed by atoms with van der Waals surface area (Å²) >= 11 is 1.80. The van der Waals surface area contributed by atoms with Crippen LogP contribution in [0.15, 0.2) is 48.5 Å². The molecule has 1 aliphatic heterocycles. The maximum Gasteiger partial charge on any atom is 0.277 e. The number of rotatable bonds is 7. The van der Waals surface area contributed by atoms with Crippen LogP contribution in [0.25, 0.3) is 10.2 Å². The molecule has 2 heterocycles. The minimum Gasteiger partial charge on any atom is -0.496 e. The highest BCUT2D eigenvalue weighted by Gasteiger charge is 2.27. The lowest BCUT2D eigenvalue weighted by Gasteiger charge is -2.30. The predicted octanol–water partition coefficient (Wildman–Crippen LogP) is 0.247. The normalized spacial score (nSPS) is 19.0. The molecule has 0 spiro atoms. The molecule has 0 radical (unpaired) electrons. The van der Waals surface area contributed by atoms with Crippen LogP contribution >= 0.6 is 11.3 Å². The first-order valence-electron chi connectivity index (χ1n) is 10.5. The largest absolute Gasteiger partial charge is 0.496 e. The quantitative estimate of drug-likeness (QED) is 0.570. The average molecular weight is 427 g/mol. The molecule has 2 N–H and O–H groups in total. The highest BCUT2D eigenvalue weighted by molar-refractivity contribution is 7.18. The summed E-state index contributed by atoms with van der Waals surface area (Å²) in [5.74, 6) is 1.02. The standard InChI is InChI=1S/C23H28N4O2S/c1-25(15-18-7-3-5-9-20(18)29-2)23(28)17-27-13-11-26(12-14-27)16-22-24-19-8-4-6-10-21(19)30-22/h3-10H,11-17H2,1-2H3/p+2. The first kappa shape index (κ1) is 20.8. The van der Waals surface area contributed by atoms with Gasteiger partial charge < -0.3 is 19.4 Å². The van der Waals surface area contributed by atoms with Crippen LogP contribution in [0.1, 0.15) is 10.6 Å². The zero-order valence-electron chi connectivity index (χ0n) is 17.7. The van der Waals surface area contributed by atoms with Gasteiger partial charge in [-0.05, 0) is 18.2 Å². The van der Waals surface area contributed by atoms with Gasteiger partial charge in [0.15, 0.2) is 6.54 Å². The Kier molecular flexibility index (Phi) is 6.62. The summed E-state index contributed by atoms with van der Waals surface area (Å²) in [5, 5.41) is 1.21.